The van der Waals surface area contributed by atoms with Crippen LogP contribution < -0.4 is 5.32 Å². The summed E-state index contributed by atoms with van der Waals surface area (Å²) in [6.07, 6.45) is 0.758. The number of anilines is 1. The van der Waals surface area contributed by atoms with Crippen molar-refractivity contribution in [2.75, 3.05) is 5.32 Å². The van der Waals surface area contributed by atoms with Crippen LogP contribution in [0.1, 0.15) is 19.4 Å². The van der Waals surface area contributed by atoms with Gasteiger partial charge < -0.3 is 10.4 Å². The fourth-order valence-electron chi connectivity index (χ4n) is 1.92. The Morgan fingerprint density at radius 1 is 1.56 bits per heavy atom. The maximum Gasteiger partial charge on any atom is 0.311 e. The molecule has 1 aromatic rings. The minimum absolute atomic E-state index is 0.0469. The summed E-state index contributed by atoms with van der Waals surface area (Å²) >= 11 is 3.42. The second-order valence-electron chi connectivity index (χ2n) is 4.73. The molecule has 0 fully saturated rings. The van der Waals surface area contributed by atoms with Gasteiger partial charge in [0.15, 0.2) is 0 Å². The normalized spacial score (nSPS) is 19.1. The van der Waals surface area contributed by atoms with Gasteiger partial charge in [0.2, 0.25) is 0 Å². The third-order valence-electron chi connectivity index (χ3n) is 3.24. The Hall–Kier alpha value is -1.03. The number of carboxylic acid groups (broad SMARTS) is 1. The first-order valence-corrected chi connectivity index (χ1v) is 5.99. The number of nitrogens with one attached hydrogen (secondary N) is 1. The van der Waals surface area contributed by atoms with Crippen LogP contribution in [0.2, 0.25) is 0 Å². The lowest BCUT2D eigenvalue weighted by Crippen LogP contribution is -2.41. The zero-order chi connectivity index (χ0) is 11.9. The van der Waals surface area contributed by atoms with E-state index in [0.29, 0.717) is 0 Å². The quantitative estimate of drug-likeness (QED) is 0.878. The molecule has 4 heteroatoms. The van der Waals surface area contributed by atoms with Gasteiger partial charge in [0.25, 0.3) is 0 Å². The van der Waals surface area contributed by atoms with Crippen LogP contribution in [0.5, 0.6) is 0 Å². The molecule has 1 unspecified atom stereocenters. The number of aliphatic carboxylic acids is 1. The van der Waals surface area contributed by atoms with Crippen LogP contribution in [-0.2, 0) is 11.2 Å². The molecular formula is C12H14BrNO2. The van der Waals surface area contributed by atoms with E-state index in [4.69, 9.17) is 0 Å². The van der Waals surface area contributed by atoms with Crippen molar-refractivity contribution in [2.24, 2.45) is 5.41 Å². The summed E-state index contributed by atoms with van der Waals surface area (Å²) in [5, 5.41) is 12.5. The Labute approximate surface area is 103 Å². The van der Waals surface area contributed by atoms with Crippen molar-refractivity contribution in [3.05, 3.63) is 28.2 Å². The van der Waals surface area contributed by atoms with Crippen LogP contribution >= 0.6 is 15.9 Å². The Morgan fingerprint density at radius 3 is 2.88 bits per heavy atom. The van der Waals surface area contributed by atoms with Crippen LogP contribution in [-0.4, -0.2) is 17.1 Å². The van der Waals surface area contributed by atoms with Crippen molar-refractivity contribution in [1.29, 1.82) is 0 Å². The molecule has 0 radical (unpaired) electrons. The van der Waals surface area contributed by atoms with Gasteiger partial charge in [-0.15, -0.1) is 0 Å². The molecule has 16 heavy (non-hydrogen) atoms. The minimum atomic E-state index is -0.767. The van der Waals surface area contributed by atoms with E-state index >= 15 is 0 Å². The molecular weight excluding hydrogens is 270 g/mol. The van der Waals surface area contributed by atoms with E-state index in [1.165, 1.54) is 5.56 Å². The molecule has 2 rings (SSSR count). The van der Waals surface area contributed by atoms with Crippen LogP contribution in [0.4, 0.5) is 5.69 Å². The van der Waals surface area contributed by atoms with E-state index in [2.05, 4.69) is 21.2 Å². The van der Waals surface area contributed by atoms with E-state index in [9.17, 15) is 9.90 Å². The first kappa shape index (κ1) is 11.5. The molecule has 0 saturated carbocycles. The van der Waals surface area contributed by atoms with Crippen molar-refractivity contribution in [3.8, 4) is 0 Å². The molecule has 3 nitrogen and oxygen atoms in total. The summed E-state index contributed by atoms with van der Waals surface area (Å²) in [5.74, 6) is -0.767. The summed E-state index contributed by atoms with van der Waals surface area (Å²) in [5.41, 5.74) is 1.46. The van der Waals surface area contributed by atoms with Crippen LogP contribution in [0.25, 0.3) is 0 Å². The van der Waals surface area contributed by atoms with Gasteiger partial charge >= 0.3 is 5.97 Å². The highest BCUT2D eigenvalue weighted by Crippen LogP contribution is 2.36. The lowest BCUT2D eigenvalue weighted by Gasteiger charge is -2.27. The average molecular weight is 284 g/mol. The highest BCUT2D eigenvalue weighted by molar-refractivity contribution is 9.10. The lowest BCUT2D eigenvalue weighted by molar-refractivity contribution is -0.147. The molecule has 0 amide bonds. The number of carboxylic acids is 1. The summed E-state index contributed by atoms with van der Waals surface area (Å²) in [4.78, 5) is 11.2. The Balaban J connectivity index is 2.26. The maximum absolute atomic E-state index is 11.2. The third kappa shape index (κ3) is 1.82. The fourth-order valence-corrected chi connectivity index (χ4v) is 2.32. The van der Waals surface area contributed by atoms with Crippen molar-refractivity contribution in [2.45, 2.75) is 26.3 Å². The Bertz CT molecular complexity index is 443. The van der Waals surface area contributed by atoms with Crippen molar-refractivity contribution in [1.82, 2.24) is 0 Å². The number of carbonyl (C=O) groups is 1. The predicted molar refractivity (Wildman–Crippen MR) is 66.7 cm³/mol. The topological polar surface area (TPSA) is 49.3 Å². The van der Waals surface area contributed by atoms with Crippen molar-refractivity contribution < 1.29 is 9.90 Å². The second-order valence-corrected chi connectivity index (χ2v) is 5.65. The van der Waals surface area contributed by atoms with Crippen molar-refractivity contribution >= 4 is 27.6 Å². The molecule has 0 aliphatic carbocycles. The smallest absolute Gasteiger partial charge is 0.311 e. The molecule has 86 valence electrons. The van der Waals surface area contributed by atoms with Gasteiger partial charge in [-0.2, -0.15) is 0 Å². The molecule has 1 aromatic carbocycles. The number of benzene rings is 1. The van der Waals surface area contributed by atoms with Gasteiger partial charge in [-0.1, -0.05) is 15.9 Å². The average Bonchev–Trinajstić information content (AvgIpc) is 2.60. The number of halogens is 1. The standard InChI is InChI=1S/C12H14BrNO2/c1-12(2,11(15)16)10-6-7-5-8(13)3-4-9(7)14-10/h3-5,10,14H,6H2,1-2H3,(H,15,16). The van der Waals surface area contributed by atoms with Crippen LogP contribution in [0.15, 0.2) is 22.7 Å². The minimum Gasteiger partial charge on any atom is -0.481 e. The first-order chi connectivity index (χ1) is 7.41. The predicted octanol–water partition coefficient (Wildman–Crippen LogP) is 2.90. The third-order valence-corrected chi connectivity index (χ3v) is 3.74. The summed E-state index contributed by atoms with van der Waals surface area (Å²) in [6.45, 7) is 3.52. The molecule has 0 saturated heterocycles. The van der Waals surface area contributed by atoms with Gasteiger partial charge in [0.1, 0.15) is 0 Å². The van der Waals surface area contributed by atoms with Crippen molar-refractivity contribution in [3.63, 3.8) is 0 Å². The maximum atomic E-state index is 11.2. The van der Waals surface area contributed by atoms with E-state index in [1.54, 1.807) is 13.8 Å². The van der Waals surface area contributed by atoms with E-state index in [-0.39, 0.29) is 6.04 Å². The Morgan fingerprint density at radius 2 is 2.25 bits per heavy atom. The first-order valence-electron chi connectivity index (χ1n) is 5.19. The molecule has 1 atom stereocenters. The number of hydrogen-bond donors (Lipinski definition) is 2. The van der Waals surface area contributed by atoms with Gasteiger partial charge in [0.05, 0.1) is 5.41 Å². The monoisotopic (exact) mass is 283 g/mol. The van der Waals surface area contributed by atoms with Crippen LogP contribution in [0.3, 0.4) is 0 Å². The lowest BCUT2D eigenvalue weighted by atomic mass is 9.83. The zero-order valence-corrected chi connectivity index (χ0v) is 10.8. The van der Waals surface area contributed by atoms with Gasteiger partial charge in [-0.3, -0.25) is 4.79 Å². The van der Waals surface area contributed by atoms with Gasteiger partial charge in [-0.05, 0) is 44.0 Å². The van der Waals surface area contributed by atoms with Gasteiger partial charge in [-0.25, -0.2) is 0 Å². The molecule has 1 aliphatic rings. The largest absolute Gasteiger partial charge is 0.481 e. The number of fused-ring (bicyclic) bond motifs is 1. The van der Waals surface area contributed by atoms with E-state index in [1.807, 2.05) is 18.2 Å². The van der Waals surface area contributed by atoms with Gasteiger partial charge in [0, 0.05) is 16.2 Å². The molecule has 0 aromatic heterocycles. The summed E-state index contributed by atoms with van der Waals surface area (Å²) in [6, 6.07) is 5.94. The highest BCUT2D eigenvalue weighted by atomic mass is 79.9. The van der Waals surface area contributed by atoms with E-state index < -0.39 is 11.4 Å². The molecule has 0 bridgehead atoms. The van der Waals surface area contributed by atoms with Crippen LogP contribution in [0, 0.1) is 5.41 Å². The summed E-state index contributed by atoms with van der Waals surface area (Å²) < 4.78 is 1.03. The molecule has 1 heterocycles. The Kier molecular flexibility index (Phi) is 2.70. The second kappa shape index (κ2) is 3.77. The highest BCUT2D eigenvalue weighted by Gasteiger charge is 2.40. The number of hydrogen-bond acceptors (Lipinski definition) is 2. The zero-order valence-electron chi connectivity index (χ0n) is 9.25. The number of rotatable bonds is 2. The summed E-state index contributed by atoms with van der Waals surface area (Å²) in [7, 11) is 0. The molecule has 2 N–H and O–H groups in total. The molecule has 1 aliphatic heterocycles. The fraction of sp³-hybridized carbons (Fsp3) is 0.417. The SMILES string of the molecule is CC(C)(C(=O)O)C1Cc2cc(Br)ccc2N1. The van der Waals surface area contributed by atoms with E-state index in [0.717, 1.165) is 16.6 Å². The molecule has 0 spiro atoms.